The summed E-state index contributed by atoms with van der Waals surface area (Å²) >= 11 is 0.986. The number of benzene rings is 2. The number of alkyl halides is 3. The lowest BCUT2D eigenvalue weighted by molar-refractivity contribution is -0.137. The number of aromatic amines is 1. The largest absolute Gasteiger partial charge is 0.416 e. The highest BCUT2D eigenvalue weighted by Crippen LogP contribution is 2.30. The highest BCUT2D eigenvalue weighted by Gasteiger charge is 2.30. The molecule has 0 saturated heterocycles. The summed E-state index contributed by atoms with van der Waals surface area (Å²) in [5.74, 6) is -0.623. The van der Waals surface area contributed by atoms with Gasteiger partial charge in [0, 0.05) is 5.69 Å². The van der Waals surface area contributed by atoms with Crippen LogP contribution in [0.1, 0.15) is 5.56 Å². The second kappa shape index (κ2) is 7.20. The van der Waals surface area contributed by atoms with Gasteiger partial charge in [0.1, 0.15) is 0 Å². The van der Waals surface area contributed by atoms with Gasteiger partial charge in [0.25, 0.3) is 5.56 Å². The maximum absolute atomic E-state index is 12.7. The Morgan fingerprint density at radius 2 is 1.92 bits per heavy atom. The van der Waals surface area contributed by atoms with Crippen LogP contribution in [-0.4, -0.2) is 21.6 Å². The number of rotatable bonds is 4. The second-order valence-corrected chi connectivity index (χ2v) is 6.27. The summed E-state index contributed by atoms with van der Waals surface area (Å²) in [6.45, 7) is 0. The molecule has 9 heteroatoms. The fourth-order valence-corrected chi connectivity index (χ4v) is 2.91. The monoisotopic (exact) mass is 379 g/mol. The Hall–Kier alpha value is -2.81. The number of carbonyl (C=O) groups excluding carboxylic acids is 1. The van der Waals surface area contributed by atoms with Gasteiger partial charge in [0.15, 0.2) is 5.16 Å². The van der Waals surface area contributed by atoms with Crippen molar-refractivity contribution in [2.45, 2.75) is 11.3 Å². The van der Waals surface area contributed by atoms with E-state index in [1.54, 1.807) is 24.3 Å². The number of anilines is 1. The van der Waals surface area contributed by atoms with E-state index in [0.29, 0.717) is 10.9 Å². The Labute approximate surface area is 149 Å². The van der Waals surface area contributed by atoms with E-state index >= 15 is 0 Å². The van der Waals surface area contributed by atoms with Gasteiger partial charge in [-0.1, -0.05) is 30.0 Å². The number of halogens is 3. The number of nitrogens with zero attached hydrogens (tertiary/aromatic N) is 1. The minimum Gasteiger partial charge on any atom is -0.325 e. The van der Waals surface area contributed by atoms with Gasteiger partial charge < -0.3 is 10.3 Å². The van der Waals surface area contributed by atoms with Crippen molar-refractivity contribution in [1.82, 2.24) is 9.97 Å². The summed E-state index contributed by atoms with van der Waals surface area (Å²) in [7, 11) is 0. The van der Waals surface area contributed by atoms with Gasteiger partial charge in [0.05, 0.1) is 22.2 Å². The molecule has 26 heavy (non-hydrogen) atoms. The van der Waals surface area contributed by atoms with Crippen LogP contribution in [0.2, 0.25) is 0 Å². The number of fused-ring (bicyclic) bond motifs is 1. The van der Waals surface area contributed by atoms with Gasteiger partial charge in [-0.05, 0) is 30.3 Å². The number of nitrogens with one attached hydrogen (secondary N) is 2. The molecule has 2 aromatic carbocycles. The predicted molar refractivity (Wildman–Crippen MR) is 93.2 cm³/mol. The third kappa shape index (κ3) is 4.23. The standard InChI is InChI=1S/C17H12F3N3O2S/c18-17(19,20)10-4-3-5-11(8-10)21-14(24)9-26-16-22-13-7-2-1-6-12(13)15(25)23-16/h1-8H,9H2,(H,21,24)(H,22,23,25). The molecule has 2 N–H and O–H groups in total. The summed E-state index contributed by atoms with van der Waals surface area (Å²) in [4.78, 5) is 30.7. The van der Waals surface area contributed by atoms with E-state index in [-0.39, 0.29) is 22.2 Å². The molecule has 1 heterocycles. The molecule has 0 aliphatic rings. The van der Waals surface area contributed by atoms with Crippen LogP contribution in [0.3, 0.4) is 0 Å². The molecule has 0 atom stereocenters. The number of thioether (sulfide) groups is 1. The van der Waals surface area contributed by atoms with E-state index in [4.69, 9.17) is 0 Å². The van der Waals surface area contributed by atoms with Crippen LogP contribution in [0.4, 0.5) is 18.9 Å². The average molecular weight is 379 g/mol. The molecule has 0 aliphatic carbocycles. The van der Waals surface area contributed by atoms with Crippen LogP contribution in [0.15, 0.2) is 58.5 Å². The van der Waals surface area contributed by atoms with E-state index < -0.39 is 17.6 Å². The molecule has 0 spiro atoms. The normalized spacial score (nSPS) is 11.5. The fraction of sp³-hybridized carbons (Fsp3) is 0.118. The molecule has 0 bridgehead atoms. The van der Waals surface area contributed by atoms with Gasteiger partial charge in [-0.25, -0.2) is 4.98 Å². The number of hydrogen-bond acceptors (Lipinski definition) is 4. The third-order valence-electron chi connectivity index (χ3n) is 3.40. The molecular weight excluding hydrogens is 367 g/mol. The lowest BCUT2D eigenvalue weighted by atomic mass is 10.2. The SMILES string of the molecule is O=C(CSc1nc2ccccc2c(=O)[nH]1)Nc1cccc(C(F)(F)F)c1. The van der Waals surface area contributed by atoms with E-state index in [1.807, 2.05) is 0 Å². The molecule has 3 rings (SSSR count). The quantitative estimate of drug-likeness (QED) is 0.536. The first kappa shape index (κ1) is 18.0. The number of aromatic nitrogens is 2. The van der Waals surface area contributed by atoms with Crippen molar-refractivity contribution >= 4 is 34.3 Å². The van der Waals surface area contributed by atoms with Gasteiger partial charge >= 0.3 is 6.18 Å². The molecular formula is C17H12F3N3O2S. The minimum absolute atomic E-state index is 0.0467. The Bertz CT molecular complexity index is 1020. The Morgan fingerprint density at radius 1 is 1.15 bits per heavy atom. The van der Waals surface area contributed by atoms with E-state index in [2.05, 4.69) is 15.3 Å². The average Bonchev–Trinajstić information content (AvgIpc) is 2.59. The maximum Gasteiger partial charge on any atom is 0.416 e. The van der Waals surface area contributed by atoms with Crippen molar-refractivity contribution in [3.05, 3.63) is 64.4 Å². The fourth-order valence-electron chi connectivity index (χ4n) is 2.24. The zero-order valence-corrected chi connectivity index (χ0v) is 13.9. The summed E-state index contributed by atoms with van der Waals surface area (Å²) in [6, 6.07) is 11.1. The summed E-state index contributed by atoms with van der Waals surface area (Å²) in [5.41, 5.74) is -0.623. The first-order valence-corrected chi connectivity index (χ1v) is 8.40. The number of H-pyrrole nitrogens is 1. The van der Waals surface area contributed by atoms with Gasteiger partial charge in [0.2, 0.25) is 5.91 Å². The van der Waals surface area contributed by atoms with Crippen LogP contribution in [0.25, 0.3) is 10.9 Å². The smallest absolute Gasteiger partial charge is 0.325 e. The van der Waals surface area contributed by atoms with Crippen LogP contribution in [0, 0.1) is 0 Å². The van der Waals surface area contributed by atoms with Crippen molar-refractivity contribution in [3.63, 3.8) is 0 Å². The molecule has 3 aromatic rings. The van der Waals surface area contributed by atoms with Gasteiger partial charge in [-0.3, -0.25) is 9.59 Å². The lowest BCUT2D eigenvalue weighted by Crippen LogP contribution is -2.16. The molecule has 0 fully saturated rings. The Morgan fingerprint density at radius 3 is 2.69 bits per heavy atom. The zero-order chi connectivity index (χ0) is 18.7. The van der Waals surface area contributed by atoms with Crippen molar-refractivity contribution in [2.75, 3.05) is 11.1 Å². The molecule has 0 aliphatic heterocycles. The first-order valence-electron chi connectivity index (χ1n) is 7.42. The van der Waals surface area contributed by atoms with Crippen molar-refractivity contribution in [3.8, 4) is 0 Å². The second-order valence-electron chi connectivity index (χ2n) is 5.30. The van der Waals surface area contributed by atoms with Crippen LogP contribution >= 0.6 is 11.8 Å². The highest BCUT2D eigenvalue weighted by atomic mass is 32.2. The Balaban J connectivity index is 1.67. The minimum atomic E-state index is -4.48. The summed E-state index contributed by atoms with van der Waals surface area (Å²) in [6.07, 6.45) is -4.48. The number of carbonyl (C=O) groups is 1. The lowest BCUT2D eigenvalue weighted by Gasteiger charge is -2.09. The van der Waals surface area contributed by atoms with Crippen LogP contribution in [0.5, 0.6) is 0 Å². The van der Waals surface area contributed by atoms with Crippen molar-refractivity contribution < 1.29 is 18.0 Å². The molecule has 1 amide bonds. The molecule has 1 aromatic heterocycles. The predicted octanol–water partition coefficient (Wildman–Crippen LogP) is 3.67. The Kier molecular flexibility index (Phi) is 4.99. The number of amides is 1. The van der Waals surface area contributed by atoms with Crippen molar-refractivity contribution in [1.29, 1.82) is 0 Å². The number of hydrogen-bond donors (Lipinski definition) is 2. The van der Waals surface area contributed by atoms with Gasteiger partial charge in [-0.2, -0.15) is 13.2 Å². The van der Waals surface area contributed by atoms with Crippen LogP contribution in [-0.2, 0) is 11.0 Å². The molecule has 0 saturated carbocycles. The van der Waals surface area contributed by atoms with E-state index in [1.165, 1.54) is 12.1 Å². The van der Waals surface area contributed by atoms with E-state index in [0.717, 1.165) is 23.9 Å². The summed E-state index contributed by atoms with van der Waals surface area (Å²) in [5, 5.41) is 3.09. The van der Waals surface area contributed by atoms with Gasteiger partial charge in [-0.15, -0.1) is 0 Å². The number of para-hydroxylation sites is 1. The maximum atomic E-state index is 12.7. The molecule has 0 unspecified atom stereocenters. The highest BCUT2D eigenvalue weighted by molar-refractivity contribution is 7.99. The van der Waals surface area contributed by atoms with Crippen molar-refractivity contribution in [2.24, 2.45) is 0 Å². The zero-order valence-electron chi connectivity index (χ0n) is 13.1. The third-order valence-corrected chi connectivity index (χ3v) is 4.28. The molecule has 0 radical (unpaired) electrons. The molecule has 5 nitrogen and oxygen atoms in total. The van der Waals surface area contributed by atoms with Crippen LogP contribution < -0.4 is 10.9 Å². The molecule has 134 valence electrons. The first-order chi connectivity index (χ1) is 12.3. The topological polar surface area (TPSA) is 74.8 Å². The summed E-state index contributed by atoms with van der Waals surface area (Å²) < 4.78 is 38.0. The van der Waals surface area contributed by atoms with E-state index in [9.17, 15) is 22.8 Å².